The maximum atomic E-state index is 12.1. The summed E-state index contributed by atoms with van der Waals surface area (Å²) in [4.78, 5) is 23.3. The molecule has 9 heteroatoms. The normalized spacial score (nSPS) is 25.2. The molecule has 1 fully saturated rings. The molecule has 0 bridgehead atoms. The van der Waals surface area contributed by atoms with Gasteiger partial charge >= 0.3 is 5.97 Å². The summed E-state index contributed by atoms with van der Waals surface area (Å²) in [5.74, 6) is -0.269. The summed E-state index contributed by atoms with van der Waals surface area (Å²) in [7, 11) is 0. The minimum Gasteiger partial charge on any atom is -0.508 e. The molecule has 0 amide bonds. The van der Waals surface area contributed by atoms with Crippen LogP contribution in [0.2, 0.25) is 0 Å². The van der Waals surface area contributed by atoms with Crippen LogP contribution in [-0.4, -0.2) is 69.5 Å². The van der Waals surface area contributed by atoms with E-state index in [0.29, 0.717) is 18.6 Å². The maximum Gasteiger partial charge on any atom is 0.338 e. The molecule has 9 nitrogen and oxygen atoms in total. The van der Waals surface area contributed by atoms with E-state index in [9.17, 15) is 30.0 Å². The zero-order valence-corrected chi connectivity index (χ0v) is 17.5. The van der Waals surface area contributed by atoms with Crippen molar-refractivity contribution in [1.29, 1.82) is 0 Å². The van der Waals surface area contributed by atoms with Crippen molar-refractivity contribution in [3.63, 3.8) is 0 Å². The summed E-state index contributed by atoms with van der Waals surface area (Å²) in [6, 6.07) is 12.2. The Morgan fingerprint density at radius 1 is 0.938 bits per heavy atom. The Morgan fingerprint density at radius 3 is 2.22 bits per heavy atom. The highest BCUT2D eigenvalue weighted by molar-refractivity contribution is 5.89. The van der Waals surface area contributed by atoms with Gasteiger partial charge in [-0.05, 0) is 55.3 Å². The van der Waals surface area contributed by atoms with Crippen LogP contribution in [0.3, 0.4) is 0 Å². The number of aliphatic hydroxyl groups excluding tert-OH is 3. The Balaban J connectivity index is 1.60. The highest BCUT2D eigenvalue weighted by Crippen LogP contribution is 2.25. The predicted octanol–water partition coefficient (Wildman–Crippen LogP) is 0.957. The van der Waals surface area contributed by atoms with Gasteiger partial charge in [-0.3, -0.25) is 0 Å². The highest BCUT2D eigenvalue weighted by Gasteiger charge is 2.45. The Labute approximate surface area is 184 Å². The number of esters is 1. The van der Waals surface area contributed by atoms with Crippen molar-refractivity contribution in [2.75, 3.05) is 6.61 Å². The molecular weight excluding hydrogens is 420 g/mol. The lowest BCUT2D eigenvalue weighted by molar-refractivity contribution is -0.277. The third kappa shape index (κ3) is 6.04. The van der Waals surface area contributed by atoms with E-state index in [2.05, 4.69) is 0 Å². The number of ketones is 1. The van der Waals surface area contributed by atoms with E-state index in [1.54, 1.807) is 24.3 Å². The molecule has 1 aliphatic heterocycles. The number of aliphatic hydroxyl groups is 3. The summed E-state index contributed by atoms with van der Waals surface area (Å²) in [6.45, 7) is 1.13. The predicted molar refractivity (Wildman–Crippen MR) is 111 cm³/mol. The average Bonchev–Trinajstić information content (AvgIpc) is 2.78. The summed E-state index contributed by atoms with van der Waals surface area (Å²) < 4.78 is 16.3. The molecule has 2 aromatic carbocycles. The monoisotopic (exact) mass is 446 g/mol. The van der Waals surface area contributed by atoms with Gasteiger partial charge in [0.05, 0.1) is 5.56 Å². The fraction of sp³-hybridized carbons (Fsp3) is 0.391. The first-order valence-electron chi connectivity index (χ1n) is 10.2. The van der Waals surface area contributed by atoms with Gasteiger partial charge in [0.1, 0.15) is 48.3 Å². The number of carbonyl (C=O) groups is 2. The molecule has 1 aliphatic rings. The summed E-state index contributed by atoms with van der Waals surface area (Å²) in [6.07, 6.45) is -6.06. The first-order chi connectivity index (χ1) is 15.2. The smallest absolute Gasteiger partial charge is 0.338 e. The van der Waals surface area contributed by atoms with Gasteiger partial charge in [-0.1, -0.05) is 12.1 Å². The quantitative estimate of drug-likeness (QED) is 0.436. The summed E-state index contributed by atoms with van der Waals surface area (Å²) in [5.41, 5.74) is 1.12. The molecule has 2 aromatic rings. The minimum atomic E-state index is -1.58. The van der Waals surface area contributed by atoms with Crippen LogP contribution in [0.5, 0.6) is 11.5 Å². The molecule has 0 aromatic heterocycles. The second-order valence-corrected chi connectivity index (χ2v) is 7.62. The van der Waals surface area contributed by atoms with Crippen LogP contribution in [0.1, 0.15) is 29.3 Å². The van der Waals surface area contributed by atoms with Crippen molar-refractivity contribution in [3.8, 4) is 11.5 Å². The van der Waals surface area contributed by atoms with Gasteiger partial charge in [0.15, 0.2) is 0 Å². The summed E-state index contributed by atoms with van der Waals surface area (Å²) in [5, 5.41) is 39.9. The SMILES string of the molecule is CC(=O)CCc1ccc(O[C@@H]2O[C@H](COC(=O)c3ccc(O)cc3)[C@@H](O)[C@H](O)[C@H]2O)cc1. The van der Waals surface area contributed by atoms with E-state index in [0.717, 1.165) is 5.56 Å². The number of benzene rings is 2. The van der Waals surface area contributed by atoms with E-state index in [4.69, 9.17) is 14.2 Å². The zero-order valence-electron chi connectivity index (χ0n) is 17.5. The largest absolute Gasteiger partial charge is 0.508 e. The van der Waals surface area contributed by atoms with Crippen molar-refractivity contribution >= 4 is 11.8 Å². The van der Waals surface area contributed by atoms with Gasteiger partial charge in [-0.2, -0.15) is 0 Å². The number of ether oxygens (including phenoxy) is 3. The molecule has 0 aliphatic carbocycles. The number of hydrogen-bond acceptors (Lipinski definition) is 9. The molecule has 4 N–H and O–H groups in total. The fourth-order valence-corrected chi connectivity index (χ4v) is 3.18. The molecule has 3 rings (SSSR count). The molecule has 0 spiro atoms. The van der Waals surface area contributed by atoms with Crippen LogP contribution >= 0.6 is 0 Å². The van der Waals surface area contributed by atoms with Crippen LogP contribution < -0.4 is 4.74 Å². The van der Waals surface area contributed by atoms with Crippen LogP contribution in [-0.2, 0) is 20.7 Å². The van der Waals surface area contributed by atoms with E-state index in [-0.39, 0.29) is 17.1 Å². The second kappa shape index (κ2) is 10.6. The first-order valence-corrected chi connectivity index (χ1v) is 10.2. The lowest BCUT2D eigenvalue weighted by Gasteiger charge is -2.39. The van der Waals surface area contributed by atoms with Gasteiger partial charge in [0.2, 0.25) is 6.29 Å². The standard InChI is InChI=1S/C23H26O9/c1-13(24)2-3-14-4-10-17(11-5-14)31-23-21(28)20(27)19(26)18(32-23)12-30-22(29)15-6-8-16(25)9-7-15/h4-11,18-21,23,25-28H,2-3,12H2,1H3/t18-,19-,20+,21-,23-/m1/s1. The van der Waals surface area contributed by atoms with Gasteiger partial charge in [-0.15, -0.1) is 0 Å². The van der Waals surface area contributed by atoms with Crippen LogP contribution in [0.4, 0.5) is 0 Å². The van der Waals surface area contributed by atoms with Gasteiger partial charge in [0, 0.05) is 6.42 Å². The van der Waals surface area contributed by atoms with Gasteiger partial charge < -0.3 is 39.4 Å². The molecule has 0 radical (unpaired) electrons. The van der Waals surface area contributed by atoms with Crippen LogP contribution in [0.15, 0.2) is 48.5 Å². The lowest BCUT2D eigenvalue weighted by Crippen LogP contribution is -2.60. The van der Waals surface area contributed by atoms with Crippen molar-refractivity contribution in [1.82, 2.24) is 0 Å². The number of aromatic hydroxyl groups is 1. The molecular formula is C23H26O9. The number of phenolic OH excluding ortho intramolecular Hbond substituents is 1. The Bertz CT molecular complexity index is 910. The molecule has 0 saturated carbocycles. The van der Waals surface area contributed by atoms with Crippen LogP contribution in [0, 0.1) is 0 Å². The Kier molecular flexibility index (Phi) is 7.81. The maximum absolute atomic E-state index is 12.1. The molecule has 5 atom stereocenters. The highest BCUT2D eigenvalue weighted by atomic mass is 16.7. The third-order valence-corrected chi connectivity index (χ3v) is 5.09. The van der Waals surface area contributed by atoms with Crippen molar-refractivity contribution in [2.45, 2.75) is 50.5 Å². The topological polar surface area (TPSA) is 143 Å². The Morgan fingerprint density at radius 2 is 1.59 bits per heavy atom. The van der Waals surface area contributed by atoms with E-state index >= 15 is 0 Å². The van der Waals surface area contributed by atoms with E-state index < -0.39 is 43.3 Å². The molecule has 0 unspecified atom stereocenters. The number of carbonyl (C=O) groups excluding carboxylic acids is 2. The van der Waals surface area contributed by atoms with E-state index in [1.165, 1.54) is 31.2 Å². The Hall–Kier alpha value is -2.98. The third-order valence-electron chi connectivity index (χ3n) is 5.09. The van der Waals surface area contributed by atoms with Crippen LogP contribution in [0.25, 0.3) is 0 Å². The zero-order chi connectivity index (χ0) is 23.3. The van der Waals surface area contributed by atoms with Crippen molar-refractivity contribution < 1.29 is 44.2 Å². The number of rotatable bonds is 8. The first kappa shape index (κ1) is 23.7. The van der Waals surface area contributed by atoms with Crippen molar-refractivity contribution in [3.05, 3.63) is 59.7 Å². The second-order valence-electron chi connectivity index (χ2n) is 7.62. The molecule has 1 heterocycles. The molecule has 1 saturated heterocycles. The number of phenols is 1. The van der Waals surface area contributed by atoms with Crippen molar-refractivity contribution in [2.24, 2.45) is 0 Å². The lowest BCUT2D eigenvalue weighted by atomic mass is 9.99. The van der Waals surface area contributed by atoms with E-state index in [1.807, 2.05) is 0 Å². The fourth-order valence-electron chi connectivity index (χ4n) is 3.18. The summed E-state index contributed by atoms with van der Waals surface area (Å²) >= 11 is 0. The van der Waals surface area contributed by atoms with Gasteiger partial charge in [-0.25, -0.2) is 4.79 Å². The molecule has 172 valence electrons. The number of aryl methyl sites for hydroxylation is 1. The molecule has 32 heavy (non-hydrogen) atoms. The number of hydrogen-bond donors (Lipinski definition) is 4. The number of Topliss-reactive ketones (excluding diaryl/α,β-unsaturated/α-hetero) is 1. The van der Waals surface area contributed by atoms with Gasteiger partial charge in [0.25, 0.3) is 0 Å². The minimum absolute atomic E-state index is 0.00317. The average molecular weight is 446 g/mol.